The number of fused-ring (bicyclic) bond motifs is 1. The number of hydrogen-bond donors (Lipinski definition) is 2. The van der Waals surface area contributed by atoms with E-state index in [1.807, 2.05) is 49.5 Å². The summed E-state index contributed by atoms with van der Waals surface area (Å²) in [6, 6.07) is 11.4. The summed E-state index contributed by atoms with van der Waals surface area (Å²) in [7, 11) is 0. The first-order chi connectivity index (χ1) is 10.7. The summed E-state index contributed by atoms with van der Waals surface area (Å²) >= 11 is 0. The number of hydrogen-bond acceptors (Lipinski definition) is 3. The Morgan fingerprint density at radius 3 is 3.05 bits per heavy atom. The maximum Gasteiger partial charge on any atom is 0.258 e. The molecule has 5 heteroatoms. The van der Waals surface area contributed by atoms with Crippen molar-refractivity contribution in [2.24, 2.45) is 0 Å². The number of H-pyrrole nitrogens is 1. The minimum Gasteiger partial charge on any atom is -0.483 e. The second-order valence-electron chi connectivity index (χ2n) is 5.24. The summed E-state index contributed by atoms with van der Waals surface area (Å²) in [5.41, 5.74) is 0.990. The summed E-state index contributed by atoms with van der Waals surface area (Å²) in [5, 5.41) is 3.87. The molecule has 2 aromatic heterocycles. The molecule has 0 aliphatic heterocycles. The number of aromatic amines is 1. The van der Waals surface area contributed by atoms with Crippen molar-refractivity contribution < 1.29 is 13.9 Å². The Hall–Kier alpha value is -2.69. The summed E-state index contributed by atoms with van der Waals surface area (Å²) in [4.78, 5) is 15.1. The molecule has 0 radical (unpaired) electrons. The van der Waals surface area contributed by atoms with Crippen molar-refractivity contribution in [2.75, 3.05) is 6.61 Å². The summed E-state index contributed by atoms with van der Waals surface area (Å²) in [6.45, 7) is 1.93. The first-order valence-electron chi connectivity index (χ1n) is 7.23. The van der Waals surface area contributed by atoms with Gasteiger partial charge in [-0.1, -0.05) is 6.07 Å². The van der Waals surface area contributed by atoms with Gasteiger partial charge < -0.3 is 19.5 Å². The van der Waals surface area contributed by atoms with Crippen molar-refractivity contribution in [3.63, 3.8) is 0 Å². The van der Waals surface area contributed by atoms with Gasteiger partial charge in [0.2, 0.25) is 0 Å². The van der Waals surface area contributed by atoms with Crippen LogP contribution in [0.15, 0.2) is 53.3 Å². The fourth-order valence-electron chi connectivity index (χ4n) is 2.42. The van der Waals surface area contributed by atoms with Crippen molar-refractivity contribution >= 4 is 16.8 Å². The van der Waals surface area contributed by atoms with Crippen molar-refractivity contribution in [1.29, 1.82) is 0 Å². The van der Waals surface area contributed by atoms with Gasteiger partial charge in [-0.3, -0.25) is 4.79 Å². The molecule has 3 aromatic rings. The number of rotatable bonds is 6. The number of carbonyl (C=O) groups is 1. The molecule has 0 spiro atoms. The molecule has 1 amide bonds. The van der Waals surface area contributed by atoms with Crippen LogP contribution in [0.5, 0.6) is 5.75 Å². The normalized spacial score (nSPS) is 12.2. The fourth-order valence-corrected chi connectivity index (χ4v) is 2.42. The van der Waals surface area contributed by atoms with E-state index in [0.717, 1.165) is 16.7 Å². The average Bonchev–Trinajstić information content (AvgIpc) is 3.15. The second kappa shape index (κ2) is 6.39. The molecule has 1 aromatic carbocycles. The molecule has 2 N–H and O–H groups in total. The zero-order chi connectivity index (χ0) is 15.4. The monoisotopic (exact) mass is 298 g/mol. The van der Waals surface area contributed by atoms with Crippen LogP contribution in [0.4, 0.5) is 0 Å². The van der Waals surface area contributed by atoms with Crippen molar-refractivity contribution in [2.45, 2.75) is 19.4 Å². The van der Waals surface area contributed by atoms with Gasteiger partial charge in [0.1, 0.15) is 11.5 Å². The summed E-state index contributed by atoms with van der Waals surface area (Å²) in [6.07, 6.45) is 4.14. The first kappa shape index (κ1) is 14.3. The maximum atomic E-state index is 12.0. The molecule has 3 rings (SSSR count). The van der Waals surface area contributed by atoms with Crippen LogP contribution in [0.3, 0.4) is 0 Å². The second-order valence-corrected chi connectivity index (χ2v) is 5.24. The zero-order valence-electron chi connectivity index (χ0n) is 12.3. The van der Waals surface area contributed by atoms with Gasteiger partial charge in [-0.2, -0.15) is 0 Å². The Kier molecular flexibility index (Phi) is 4.14. The van der Waals surface area contributed by atoms with Crippen LogP contribution in [0, 0.1) is 0 Å². The number of amides is 1. The molecule has 0 fully saturated rings. The van der Waals surface area contributed by atoms with Gasteiger partial charge in [0.25, 0.3) is 5.91 Å². The standard InChI is InChI=1S/C17H18N2O3/c1-12(10-13-4-3-9-21-13)19-17(20)11-22-16-6-2-5-15-14(16)7-8-18-15/h2-9,12,18H,10-11H2,1H3,(H,19,20)/t12-/m1/s1. The zero-order valence-corrected chi connectivity index (χ0v) is 12.3. The maximum absolute atomic E-state index is 12.0. The summed E-state index contributed by atoms with van der Waals surface area (Å²) in [5.74, 6) is 1.41. The Morgan fingerprint density at radius 1 is 1.32 bits per heavy atom. The highest BCUT2D eigenvalue weighted by Gasteiger charge is 2.11. The molecule has 2 heterocycles. The third kappa shape index (κ3) is 3.31. The van der Waals surface area contributed by atoms with Crippen LogP contribution < -0.4 is 10.1 Å². The highest BCUT2D eigenvalue weighted by Crippen LogP contribution is 2.24. The molecule has 0 saturated heterocycles. The lowest BCUT2D eigenvalue weighted by Crippen LogP contribution is -2.37. The largest absolute Gasteiger partial charge is 0.483 e. The number of benzene rings is 1. The van der Waals surface area contributed by atoms with Crippen molar-refractivity contribution in [3.8, 4) is 5.75 Å². The predicted molar refractivity (Wildman–Crippen MR) is 83.8 cm³/mol. The molecule has 0 bridgehead atoms. The molecule has 0 unspecified atom stereocenters. The quantitative estimate of drug-likeness (QED) is 0.735. The van der Waals surface area contributed by atoms with Gasteiger partial charge >= 0.3 is 0 Å². The van der Waals surface area contributed by atoms with Gasteiger partial charge in [-0.25, -0.2) is 0 Å². The van der Waals surface area contributed by atoms with E-state index in [0.29, 0.717) is 12.2 Å². The Morgan fingerprint density at radius 2 is 2.23 bits per heavy atom. The Labute approximate surface area is 128 Å². The molecule has 0 saturated carbocycles. The third-order valence-electron chi connectivity index (χ3n) is 3.41. The number of aromatic nitrogens is 1. The van der Waals surface area contributed by atoms with Gasteiger partial charge in [-0.15, -0.1) is 0 Å². The lowest BCUT2D eigenvalue weighted by molar-refractivity contribution is -0.123. The number of carbonyl (C=O) groups excluding carboxylic acids is 1. The highest BCUT2D eigenvalue weighted by molar-refractivity contribution is 5.86. The third-order valence-corrected chi connectivity index (χ3v) is 3.41. The average molecular weight is 298 g/mol. The van der Waals surface area contributed by atoms with E-state index < -0.39 is 0 Å². The SMILES string of the molecule is C[C@H](Cc1ccco1)NC(=O)COc1cccc2[nH]ccc12. The smallest absolute Gasteiger partial charge is 0.258 e. The van der Waals surface area contributed by atoms with Crippen LogP contribution in [0.25, 0.3) is 10.9 Å². The minimum atomic E-state index is -0.147. The van der Waals surface area contributed by atoms with E-state index in [1.165, 1.54) is 0 Å². The minimum absolute atomic E-state index is 0.00715. The van der Waals surface area contributed by atoms with Crippen molar-refractivity contribution in [1.82, 2.24) is 10.3 Å². The van der Waals surface area contributed by atoms with Crippen LogP contribution in [-0.4, -0.2) is 23.5 Å². The number of ether oxygens (including phenoxy) is 1. The van der Waals surface area contributed by atoms with E-state index in [2.05, 4.69) is 10.3 Å². The Balaban J connectivity index is 1.53. The van der Waals surface area contributed by atoms with Gasteiger partial charge in [0.05, 0.1) is 6.26 Å². The van der Waals surface area contributed by atoms with E-state index in [1.54, 1.807) is 6.26 Å². The van der Waals surface area contributed by atoms with Crippen LogP contribution in [0.1, 0.15) is 12.7 Å². The van der Waals surface area contributed by atoms with E-state index >= 15 is 0 Å². The molecule has 0 aliphatic rings. The van der Waals surface area contributed by atoms with Crippen LogP contribution >= 0.6 is 0 Å². The molecule has 0 aliphatic carbocycles. The van der Waals surface area contributed by atoms with Gasteiger partial charge in [-0.05, 0) is 37.3 Å². The number of nitrogens with one attached hydrogen (secondary N) is 2. The lowest BCUT2D eigenvalue weighted by Gasteiger charge is -2.13. The molecule has 114 valence electrons. The topological polar surface area (TPSA) is 67.3 Å². The van der Waals surface area contributed by atoms with Crippen LogP contribution in [-0.2, 0) is 11.2 Å². The van der Waals surface area contributed by atoms with E-state index in [9.17, 15) is 4.79 Å². The molecule has 22 heavy (non-hydrogen) atoms. The molecule has 5 nitrogen and oxygen atoms in total. The molecular weight excluding hydrogens is 280 g/mol. The Bertz CT molecular complexity index is 746. The predicted octanol–water partition coefficient (Wildman–Crippen LogP) is 2.89. The van der Waals surface area contributed by atoms with E-state index in [4.69, 9.17) is 9.15 Å². The van der Waals surface area contributed by atoms with Crippen LogP contribution in [0.2, 0.25) is 0 Å². The van der Waals surface area contributed by atoms with E-state index in [-0.39, 0.29) is 18.6 Å². The lowest BCUT2D eigenvalue weighted by atomic mass is 10.2. The van der Waals surface area contributed by atoms with Gasteiger partial charge in [0.15, 0.2) is 6.61 Å². The summed E-state index contributed by atoms with van der Waals surface area (Å²) < 4.78 is 10.9. The van der Waals surface area contributed by atoms with Crippen molar-refractivity contribution in [3.05, 3.63) is 54.6 Å². The van der Waals surface area contributed by atoms with Gasteiger partial charge in [0, 0.05) is 29.6 Å². The molecule has 1 atom stereocenters. The number of furan rings is 1. The first-order valence-corrected chi connectivity index (χ1v) is 7.23. The molecular formula is C17H18N2O3. The fraction of sp³-hybridized carbons (Fsp3) is 0.235. The highest BCUT2D eigenvalue weighted by atomic mass is 16.5.